The van der Waals surface area contributed by atoms with E-state index in [9.17, 15) is 0 Å². The van der Waals surface area contributed by atoms with Gasteiger partial charge in [-0.1, -0.05) is 75.6 Å². The molecule has 0 radical (unpaired) electrons. The quantitative estimate of drug-likeness (QED) is 0.167. The van der Waals surface area contributed by atoms with Crippen LogP contribution in [0.15, 0.2) is 54.6 Å². The number of hydrogen-bond acceptors (Lipinski definition) is 2. The second kappa shape index (κ2) is 16.8. The van der Waals surface area contributed by atoms with Crippen LogP contribution >= 0.6 is 0 Å². The third-order valence-corrected chi connectivity index (χ3v) is 6.03. The molecule has 1 aromatic carbocycles. The van der Waals surface area contributed by atoms with Gasteiger partial charge in [-0.05, 0) is 89.7 Å². The Balaban J connectivity index is 2.41. The molecule has 0 spiro atoms. The average molecular weight is 440 g/mol. The Bertz CT molecular complexity index is 661. The summed E-state index contributed by atoms with van der Waals surface area (Å²) >= 11 is 0. The van der Waals surface area contributed by atoms with E-state index < -0.39 is 0 Å². The van der Waals surface area contributed by atoms with Gasteiger partial charge in [0, 0.05) is 5.41 Å². The highest BCUT2D eigenvalue weighted by molar-refractivity contribution is 5.52. The van der Waals surface area contributed by atoms with Crippen molar-refractivity contribution in [1.82, 2.24) is 4.90 Å². The molecule has 2 heteroatoms. The molecule has 180 valence electrons. The van der Waals surface area contributed by atoms with Gasteiger partial charge in [0.2, 0.25) is 0 Å². The number of benzene rings is 1. The lowest BCUT2D eigenvalue weighted by Crippen LogP contribution is -2.27. The minimum atomic E-state index is 0.0171. The smallest absolute Gasteiger partial charge is 0.119 e. The maximum absolute atomic E-state index is 5.98. The first-order chi connectivity index (χ1) is 15.4. The molecule has 0 N–H and O–H groups in total. The summed E-state index contributed by atoms with van der Waals surface area (Å²) in [7, 11) is 0. The van der Waals surface area contributed by atoms with Crippen molar-refractivity contribution in [2.75, 3.05) is 26.2 Å². The molecule has 32 heavy (non-hydrogen) atoms. The van der Waals surface area contributed by atoms with Crippen LogP contribution in [0.5, 0.6) is 5.75 Å². The lowest BCUT2D eigenvalue weighted by molar-refractivity contribution is 0.243. The van der Waals surface area contributed by atoms with E-state index in [0.29, 0.717) is 0 Å². The summed E-state index contributed by atoms with van der Waals surface area (Å²) in [6.45, 7) is 19.6. The Morgan fingerprint density at radius 1 is 0.969 bits per heavy atom. The molecule has 0 fully saturated rings. The topological polar surface area (TPSA) is 12.5 Å². The van der Waals surface area contributed by atoms with Crippen LogP contribution in [0.25, 0.3) is 6.08 Å². The van der Waals surface area contributed by atoms with Crippen LogP contribution in [-0.2, 0) is 0 Å². The van der Waals surface area contributed by atoms with Crippen LogP contribution in [-0.4, -0.2) is 31.1 Å². The highest BCUT2D eigenvalue weighted by Crippen LogP contribution is 2.28. The molecule has 0 aliphatic heterocycles. The number of allylic oxidation sites excluding steroid dienone is 4. The van der Waals surface area contributed by atoms with E-state index in [2.05, 4.69) is 94.7 Å². The van der Waals surface area contributed by atoms with E-state index in [0.717, 1.165) is 31.6 Å². The Kier molecular flexibility index (Phi) is 14.8. The number of unbranched alkanes of at least 4 members (excludes halogenated alkanes) is 3. The van der Waals surface area contributed by atoms with Gasteiger partial charge in [-0.15, -0.1) is 6.58 Å². The highest BCUT2D eigenvalue weighted by Gasteiger charge is 2.15. The van der Waals surface area contributed by atoms with Gasteiger partial charge in [0.15, 0.2) is 0 Å². The third-order valence-electron chi connectivity index (χ3n) is 6.03. The molecule has 0 saturated heterocycles. The van der Waals surface area contributed by atoms with Crippen LogP contribution in [0, 0.1) is 5.41 Å². The molecule has 0 bridgehead atoms. The first-order valence-electron chi connectivity index (χ1n) is 12.8. The summed E-state index contributed by atoms with van der Waals surface area (Å²) in [5, 5.41) is 0. The number of nitrogens with zero attached hydrogens (tertiary/aromatic N) is 1. The molecule has 2 nitrogen and oxygen atoms in total. The van der Waals surface area contributed by atoms with Crippen LogP contribution in [0.4, 0.5) is 0 Å². The van der Waals surface area contributed by atoms with Gasteiger partial charge in [0.1, 0.15) is 5.75 Å². The zero-order valence-corrected chi connectivity index (χ0v) is 21.7. The van der Waals surface area contributed by atoms with Gasteiger partial charge in [0.25, 0.3) is 0 Å². The first kappa shape index (κ1) is 28.2. The van der Waals surface area contributed by atoms with Gasteiger partial charge >= 0.3 is 0 Å². The molecule has 0 unspecified atom stereocenters. The van der Waals surface area contributed by atoms with Crippen molar-refractivity contribution in [3.63, 3.8) is 0 Å². The Hall–Kier alpha value is -1.80. The molecule has 0 aliphatic carbocycles. The maximum atomic E-state index is 5.98. The van der Waals surface area contributed by atoms with Gasteiger partial charge in [0.05, 0.1) is 6.61 Å². The molecule has 0 amide bonds. The number of hydrogen-bond donors (Lipinski definition) is 0. The van der Waals surface area contributed by atoms with Gasteiger partial charge in [-0.2, -0.15) is 0 Å². The maximum Gasteiger partial charge on any atom is 0.119 e. The Morgan fingerprint density at radius 2 is 1.59 bits per heavy atom. The highest BCUT2D eigenvalue weighted by atomic mass is 16.5. The van der Waals surface area contributed by atoms with Gasteiger partial charge in [-0.3, -0.25) is 0 Å². The Labute approximate surface area is 199 Å². The van der Waals surface area contributed by atoms with E-state index >= 15 is 0 Å². The van der Waals surface area contributed by atoms with Crippen LogP contribution in [0.3, 0.4) is 0 Å². The monoisotopic (exact) mass is 439 g/mol. The minimum Gasteiger partial charge on any atom is -0.494 e. The van der Waals surface area contributed by atoms with Crippen molar-refractivity contribution in [2.45, 2.75) is 86.0 Å². The summed E-state index contributed by atoms with van der Waals surface area (Å²) in [6, 6.07) is 8.46. The molecule has 1 rings (SSSR count). The van der Waals surface area contributed by atoms with Crippen molar-refractivity contribution >= 4 is 6.08 Å². The van der Waals surface area contributed by atoms with Gasteiger partial charge in [-0.25, -0.2) is 0 Å². The van der Waals surface area contributed by atoms with Crippen molar-refractivity contribution in [3.05, 3.63) is 60.2 Å². The SMILES string of the molecule is C=C[C@@](C)(/C=C/c1ccc(OCCCCN(CCCC)CCCC)cc1)CCC=C(C)C. The molecular formula is C30H49NO. The van der Waals surface area contributed by atoms with E-state index in [1.807, 2.05) is 0 Å². The summed E-state index contributed by atoms with van der Waals surface area (Å²) in [4.78, 5) is 2.63. The summed E-state index contributed by atoms with van der Waals surface area (Å²) in [5.41, 5.74) is 2.60. The number of ether oxygens (including phenoxy) is 1. The van der Waals surface area contributed by atoms with Crippen molar-refractivity contribution < 1.29 is 4.74 Å². The van der Waals surface area contributed by atoms with E-state index in [-0.39, 0.29) is 5.41 Å². The zero-order valence-electron chi connectivity index (χ0n) is 21.7. The fraction of sp³-hybridized carbons (Fsp3) is 0.600. The summed E-state index contributed by atoms with van der Waals surface area (Å²) in [6.07, 6.45) is 18.5. The van der Waals surface area contributed by atoms with E-state index in [1.54, 1.807) is 0 Å². The summed E-state index contributed by atoms with van der Waals surface area (Å²) in [5.74, 6) is 0.964. The van der Waals surface area contributed by atoms with Gasteiger partial charge < -0.3 is 9.64 Å². The molecular weight excluding hydrogens is 390 g/mol. The molecule has 0 aliphatic rings. The van der Waals surface area contributed by atoms with E-state index in [1.165, 1.54) is 62.9 Å². The Morgan fingerprint density at radius 3 is 2.16 bits per heavy atom. The molecule has 1 atom stereocenters. The van der Waals surface area contributed by atoms with E-state index in [4.69, 9.17) is 4.74 Å². The molecule has 1 aromatic rings. The fourth-order valence-corrected chi connectivity index (χ4v) is 3.61. The van der Waals surface area contributed by atoms with Crippen molar-refractivity contribution in [2.24, 2.45) is 5.41 Å². The molecule has 0 saturated carbocycles. The molecule has 0 aromatic heterocycles. The first-order valence-corrected chi connectivity index (χ1v) is 12.8. The average Bonchev–Trinajstić information content (AvgIpc) is 2.79. The predicted molar refractivity (Wildman–Crippen MR) is 143 cm³/mol. The zero-order chi connectivity index (χ0) is 23.7. The largest absolute Gasteiger partial charge is 0.494 e. The lowest BCUT2D eigenvalue weighted by Gasteiger charge is -2.21. The second-order valence-corrected chi connectivity index (χ2v) is 9.54. The minimum absolute atomic E-state index is 0.0171. The van der Waals surface area contributed by atoms with Crippen LogP contribution in [0.1, 0.15) is 91.5 Å². The molecule has 0 heterocycles. The lowest BCUT2D eigenvalue weighted by atomic mass is 9.84. The third kappa shape index (κ3) is 12.9. The standard InChI is InChI=1S/C30H49NO/c1-7-10-23-31(24-11-8-2)25-12-13-26-32-29-18-16-28(17-19-29)20-22-30(6,9-3)21-14-15-27(4)5/h9,15-20,22H,3,7-8,10-14,21,23-26H2,1-2,4-6H3/b22-20+/t30-/m1/s1. The second-order valence-electron chi connectivity index (χ2n) is 9.54. The predicted octanol–water partition coefficient (Wildman–Crippen LogP) is 8.70. The fourth-order valence-electron chi connectivity index (χ4n) is 3.61. The summed E-state index contributed by atoms with van der Waals surface area (Å²) < 4.78 is 5.98. The van der Waals surface area contributed by atoms with Crippen LogP contribution < -0.4 is 4.74 Å². The van der Waals surface area contributed by atoms with Crippen molar-refractivity contribution in [1.29, 1.82) is 0 Å². The normalized spacial score (nSPS) is 13.3. The van der Waals surface area contributed by atoms with Crippen molar-refractivity contribution in [3.8, 4) is 5.75 Å². The number of rotatable bonds is 18. The van der Waals surface area contributed by atoms with Crippen LogP contribution in [0.2, 0.25) is 0 Å².